The van der Waals surface area contributed by atoms with Crippen LogP contribution in [-0.4, -0.2) is 37.2 Å². The van der Waals surface area contributed by atoms with Gasteiger partial charge in [-0.1, -0.05) is 161 Å². The molecule has 6 nitrogen and oxygen atoms in total. The summed E-state index contributed by atoms with van der Waals surface area (Å²) in [6.45, 7) is 6.01. The van der Waals surface area contributed by atoms with E-state index in [1.165, 1.54) is 0 Å². The molecule has 0 spiro atoms. The van der Waals surface area contributed by atoms with Crippen LogP contribution in [0.15, 0.2) is 134 Å². The Kier molecular flexibility index (Phi) is 38.9. The first kappa shape index (κ1) is 50.5. The molecule has 0 saturated heterocycles. The summed E-state index contributed by atoms with van der Waals surface area (Å²) in [7, 11) is 0. The predicted molar refractivity (Wildman–Crippen MR) is 232 cm³/mol. The van der Waals surface area contributed by atoms with E-state index in [1.807, 2.05) is 24.3 Å². The van der Waals surface area contributed by atoms with Crippen LogP contribution in [0.25, 0.3) is 0 Å². The van der Waals surface area contributed by atoms with Gasteiger partial charge in [-0.15, -0.1) is 0 Å². The minimum Gasteiger partial charge on any atom is -0.462 e. The number of carbonyl (C=O) groups is 3. The smallest absolute Gasteiger partial charge is 0.310 e. The Balaban J connectivity index is 4.53. The lowest BCUT2D eigenvalue weighted by Crippen LogP contribution is -2.30. The number of rotatable bonds is 34. The molecule has 0 fully saturated rings. The monoisotopic (exact) mass is 757 g/mol. The number of hydrogen-bond acceptors (Lipinski definition) is 6. The molecular weight excluding hydrogens is 685 g/mol. The van der Waals surface area contributed by atoms with E-state index in [0.29, 0.717) is 12.8 Å². The van der Waals surface area contributed by atoms with E-state index < -0.39 is 18.0 Å². The molecule has 0 saturated carbocycles. The zero-order chi connectivity index (χ0) is 40.1. The number of unbranched alkanes of at least 4 members (excludes halogenated alkanes) is 3. The average molecular weight is 757 g/mol. The first-order valence-corrected chi connectivity index (χ1v) is 20.7. The predicted octanol–water partition coefficient (Wildman–Crippen LogP) is 13.2. The van der Waals surface area contributed by atoms with Crippen molar-refractivity contribution in [3.63, 3.8) is 0 Å². The molecule has 0 amide bonds. The zero-order valence-corrected chi connectivity index (χ0v) is 34.4. The molecule has 0 aromatic carbocycles. The Morgan fingerprint density at radius 1 is 0.382 bits per heavy atom. The maximum Gasteiger partial charge on any atom is 0.310 e. The van der Waals surface area contributed by atoms with E-state index in [0.717, 1.165) is 83.5 Å². The Morgan fingerprint density at radius 2 is 0.727 bits per heavy atom. The molecule has 1 atom stereocenters. The molecule has 0 rings (SSSR count). The molecule has 1 unspecified atom stereocenters. The van der Waals surface area contributed by atoms with Crippen molar-refractivity contribution in [1.29, 1.82) is 0 Å². The van der Waals surface area contributed by atoms with Crippen LogP contribution in [0.2, 0.25) is 0 Å². The van der Waals surface area contributed by atoms with Crippen LogP contribution in [0.5, 0.6) is 0 Å². The third-order valence-corrected chi connectivity index (χ3v) is 7.70. The van der Waals surface area contributed by atoms with Crippen LogP contribution in [0.1, 0.15) is 136 Å². The summed E-state index contributed by atoms with van der Waals surface area (Å²) in [4.78, 5) is 37.4. The Hall–Kier alpha value is -4.45. The van der Waals surface area contributed by atoms with Crippen molar-refractivity contribution in [1.82, 2.24) is 0 Å². The third kappa shape index (κ3) is 40.6. The van der Waals surface area contributed by atoms with Crippen LogP contribution in [0.4, 0.5) is 0 Å². The summed E-state index contributed by atoms with van der Waals surface area (Å²) in [6.07, 6.45) is 59.4. The quantitative estimate of drug-likeness (QED) is 0.0281. The number of hydrogen-bond donors (Lipinski definition) is 0. The molecule has 0 aromatic rings. The number of esters is 3. The van der Waals surface area contributed by atoms with Gasteiger partial charge in [0.1, 0.15) is 13.2 Å². The van der Waals surface area contributed by atoms with Crippen LogP contribution >= 0.6 is 0 Å². The Labute approximate surface area is 334 Å². The van der Waals surface area contributed by atoms with Gasteiger partial charge in [0.2, 0.25) is 0 Å². The molecule has 0 N–H and O–H groups in total. The fraction of sp³-hybridized carbons (Fsp3) is 0.490. The van der Waals surface area contributed by atoms with E-state index in [2.05, 4.69) is 118 Å². The van der Waals surface area contributed by atoms with Crippen LogP contribution < -0.4 is 0 Å². The normalized spacial score (nSPS) is 13.4. The standard InChI is InChI=1S/C49H72O6/c1-4-7-10-13-16-19-20-21-22-23-24-25-26-27-28-31-33-36-39-42-48(51)54-45-46(55-49(52)43-40-37-34-30-18-15-12-9-6-3)44-53-47(50)41-38-35-32-29-17-14-11-8-5-2/h7-12,16-19,21-22,24-25,27-30,35,37-38,40,46H,4-6,13-15,20,23,26,31-34,36,39,41-45H2,1-3H3/b10-7-,11-8-,12-9-,19-16-,22-21-,25-24-,28-27-,29-17-,30-18-,38-35-,40-37-. The molecule has 0 aliphatic heterocycles. The first-order chi connectivity index (χ1) is 27.0. The second-order valence-electron chi connectivity index (χ2n) is 12.8. The number of ether oxygens (including phenoxy) is 3. The van der Waals surface area contributed by atoms with E-state index in [4.69, 9.17) is 14.2 Å². The van der Waals surface area contributed by atoms with Gasteiger partial charge in [-0.05, 0) is 89.9 Å². The van der Waals surface area contributed by atoms with Gasteiger partial charge in [-0.25, -0.2) is 0 Å². The largest absolute Gasteiger partial charge is 0.462 e. The van der Waals surface area contributed by atoms with Gasteiger partial charge in [-0.3, -0.25) is 14.4 Å². The first-order valence-electron chi connectivity index (χ1n) is 20.7. The van der Waals surface area contributed by atoms with Crippen LogP contribution in [0, 0.1) is 0 Å². The van der Waals surface area contributed by atoms with Crippen molar-refractivity contribution >= 4 is 17.9 Å². The summed E-state index contributed by atoms with van der Waals surface area (Å²) >= 11 is 0. The molecule has 0 aromatic heterocycles. The molecule has 0 aliphatic carbocycles. The van der Waals surface area contributed by atoms with Gasteiger partial charge in [0.05, 0.1) is 12.8 Å². The highest BCUT2D eigenvalue weighted by atomic mass is 16.6. The van der Waals surface area contributed by atoms with E-state index in [9.17, 15) is 14.4 Å². The summed E-state index contributed by atoms with van der Waals surface area (Å²) in [5.74, 6) is -1.27. The van der Waals surface area contributed by atoms with Crippen molar-refractivity contribution in [2.45, 2.75) is 142 Å². The lowest BCUT2D eigenvalue weighted by molar-refractivity contribution is -0.166. The summed E-state index contributed by atoms with van der Waals surface area (Å²) in [5, 5.41) is 0. The van der Waals surface area contributed by atoms with Gasteiger partial charge < -0.3 is 14.2 Å². The fourth-order valence-corrected chi connectivity index (χ4v) is 4.71. The second-order valence-corrected chi connectivity index (χ2v) is 12.8. The van der Waals surface area contributed by atoms with Gasteiger partial charge in [0, 0.05) is 6.42 Å². The molecule has 304 valence electrons. The summed E-state index contributed by atoms with van der Waals surface area (Å²) in [6, 6.07) is 0. The average Bonchev–Trinajstić information content (AvgIpc) is 3.18. The maximum absolute atomic E-state index is 12.5. The zero-order valence-electron chi connectivity index (χ0n) is 34.4. The lowest BCUT2D eigenvalue weighted by Gasteiger charge is -2.17. The van der Waals surface area contributed by atoms with Crippen molar-refractivity contribution in [3.8, 4) is 0 Å². The minimum absolute atomic E-state index is 0.0738. The minimum atomic E-state index is -0.877. The molecule has 55 heavy (non-hydrogen) atoms. The fourth-order valence-electron chi connectivity index (χ4n) is 4.71. The summed E-state index contributed by atoms with van der Waals surface area (Å²) < 4.78 is 16.4. The van der Waals surface area contributed by atoms with Crippen LogP contribution in [0.3, 0.4) is 0 Å². The van der Waals surface area contributed by atoms with Crippen molar-refractivity contribution in [2.24, 2.45) is 0 Å². The van der Waals surface area contributed by atoms with E-state index >= 15 is 0 Å². The maximum atomic E-state index is 12.5. The van der Waals surface area contributed by atoms with Gasteiger partial charge in [0.25, 0.3) is 0 Å². The van der Waals surface area contributed by atoms with Gasteiger partial charge >= 0.3 is 17.9 Å². The molecule has 0 heterocycles. The number of carbonyl (C=O) groups excluding carboxylic acids is 3. The third-order valence-electron chi connectivity index (χ3n) is 7.70. The van der Waals surface area contributed by atoms with Gasteiger partial charge in [0.15, 0.2) is 6.10 Å². The van der Waals surface area contributed by atoms with E-state index in [1.54, 1.807) is 12.2 Å². The molecular formula is C49H72O6. The van der Waals surface area contributed by atoms with Crippen LogP contribution in [-0.2, 0) is 28.6 Å². The lowest BCUT2D eigenvalue weighted by atomic mass is 10.1. The van der Waals surface area contributed by atoms with E-state index in [-0.39, 0.29) is 38.4 Å². The van der Waals surface area contributed by atoms with Gasteiger partial charge in [-0.2, -0.15) is 0 Å². The molecule has 6 heteroatoms. The summed E-state index contributed by atoms with van der Waals surface area (Å²) in [5.41, 5.74) is 0. The Bertz CT molecular complexity index is 1280. The topological polar surface area (TPSA) is 78.9 Å². The SMILES string of the molecule is CC/C=C\C/C=C\C/C=C\C/C=C\C/C=C\CCCCCC(=O)OCC(COC(=O)C/C=C\C/C=C\C/C=C\CC)OC(=O)C/C=C\C/C=C\C/C=C\CC. The highest BCUT2D eigenvalue weighted by Gasteiger charge is 2.19. The highest BCUT2D eigenvalue weighted by molar-refractivity contribution is 5.72. The van der Waals surface area contributed by atoms with Crippen molar-refractivity contribution in [3.05, 3.63) is 134 Å². The molecule has 0 bridgehead atoms. The molecule has 0 radical (unpaired) electrons. The molecule has 0 aliphatic rings. The van der Waals surface area contributed by atoms with Crippen molar-refractivity contribution < 1.29 is 28.6 Å². The van der Waals surface area contributed by atoms with Crippen molar-refractivity contribution in [2.75, 3.05) is 13.2 Å². The number of allylic oxidation sites excluding steroid dienone is 20. The second kappa shape index (κ2) is 42.3. The Morgan fingerprint density at radius 3 is 1.15 bits per heavy atom. The highest BCUT2D eigenvalue weighted by Crippen LogP contribution is 2.08.